The van der Waals surface area contributed by atoms with E-state index in [-0.39, 0.29) is 29.2 Å². The number of fused-ring (bicyclic) bond motifs is 1. The Balaban J connectivity index is 1.43. The summed E-state index contributed by atoms with van der Waals surface area (Å²) >= 11 is 0. The van der Waals surface area contributed by atoms with Crippen LogP contribution in [0.25, 0.3) is 27.9 Å². The van der Waals surface area contributed by atoms with Gasteiger partial charge in [-0.05, 0) is 36.6 Å². The number of oxazole rings is 1. The van der Waals surface area contributed by atoms with Gasteiger partial charge in [-0.25, -0.2) is 4.99 Å². The van der Waals surface area contributed by atoms with Crippen LogP contribution >= 0.6 is 0 Å². The zero-order chi connectivity index (χ0) is 28.2. The summed E-state index contributed by atoms with van der Waals surface area (Å²) in [5.74, 6) is -0.0602. The topological polar surface area (TPSA) is 145 Å². The monoisotopic (exact) mass is 537 g/mol. The molecule has 0 aliphatic carbocycles. The molecule has 1 saturated heterocycles. The Morgan fingerprint density at radius 1 is 1.23 bits per heavy atom. The van der Waals surface area contributed by atoms with Gasteiger partial charge in [0.25, 0.3) is 5.91 Å². The average Bonchev–Trinajstić information content (AvgIpc) is 3.68. The summed E-state index contributed by atoms with van der Waals surface area (Å²) in [6, 6.07) is 15.6. The summed E-state index contributed by atoms with van der Waals surface area (Å²) in [7, 11) is 0. The lowest BCUT2D eigenvalue weighted by Crippen LogP contribution is -2.27. The molecular formula is C30H31N7O3. The van der Waals surface area contributed by atoms with E-state index in [4.69, 9.17) is 15.9 Å². The predicted molar refractivity (Wildman–Crippen MR) is 157 cm³/mol. The van der Waals surface area contributed by atoms with E-state index in [9.17, 15) is 9.59 Å². The molecule has 0 bridgehead atoms. The summed E-state index contributed by atoms with van der Waals surface area (Å²) in [6.45, 7) is 7.00. The van der Waals surface area contributed by atoms with Crippen molar-refractivity contribution in [2.45, 2.75) is 19.4 Å². The lowest BCUT2D eigenvalue weighted by atomic mass is 10.1. The van der Waals surface area contributed by atoms with E-state index in [1.807, 2.05) is 53.1 Å². The smallest absolute Gasteiger partial charge is 0.302 e. The average molecular weight is 538 g/mol. The van der Waals surface area contributed by atoms with Gasteiger partial charge in [-0.2, -0.15) is 4.98 Å². The fraction of sp³-hybridized carbons (Fsp3) is 0.200. The number of nitrogens with two attached hydrogens (primary N) is 2. The number of likely N-dealkylation sites (tertiary alicyclic amines) is 1. The molecular weight excluding hydrogens is 506 g/mol. The summed E-state index contributed by atoms with van der Waals surface area (Å²) in [4.78, 5) is 36.8. The fourth-order valence-corrected chi connectivity index (χ4v) is 4.93. The van der Waals surface area contributed by atoms with Crippen molar-refractivity contribution in [2.24, 2.45) is 16.5 Å². The Hall–Kier alpha value is -4.96. The van der Waals surface area contributed by atoms with Gasteiger partial charge in [0.2, 0.25) is 5.91 Å². The van der Waals surface area contributed by atoms with Gasteiger partial charge >= 0.3 is 6.01 Å². The van der Waals surface area contributed by atoms with Crippen LogP contribution in [-0.2, 0) is 4.79 Å². The van der Waals surface area contributed by atoms with Crippen LogP contribution in [0.4, 0.5) is 11.8 Å². The third-order valence-electron chi connectivity index (χ3n) is 6.80. The summed E-state index contributed by atoms with van der Waals surface area (Å²) in [6.07, 6.45) is 7.14. The normalized spacial score (nSPS) is 15.4. The summed E-state index contributed by atoms with van der Waals surface area (Å²) in [5, 5.41) is 2.76. The SMILES string of the molecule is C=C(N)c1c(C(=O)Nc2nc3cc(-c4ccccc4)ccc3o2)cn([C@@H]2CCN(C(=O)/C=C/CN)C2)c1N=CC. The number of hydrogen-bond acceptors (Lipinski definition) is 7. The first-order valence-electron chi connectivity index (χ1n) is 13.0. The van der Waals surface area contributed by atoms with Crippen molar-refractivity contribution in [1.29, 1.82) is 0 Å². The minimum absolute atomic E-state index is 0.0661. The van der Waals surface area contributed by atoms with Crippen LogP contribution < -0.4 is 16.8 Å². The van der Waals surface area contributed by atoms with Crippen molar-refractivity contribution in [2.75, 3.05) is 25.0 Å². The second-order valence-corrected chi connectivity index (χ2v) is 9.45. The zero-order valence-corrected chi connectivity index (χ0v) is 22.2. The van der Waals surface area contributed by atoms with E-state index >= 15 is 0 Å². The molecule has 3 heterocycles. The third kappa shape index (κ3) is 5.29. The van der Waals surface area contributed by atoms with Gasteiger partial charge < -0.3 is 25.4 Å². The number of rotatable bonds is 8. The quantitative estimate of drug-likeness (QED) is 0.223. The van der Waals surface area contributed by atoms with E-state index in [1.54, 1.807) is 30.3 Å². The van der Waals surface area contributed by atoms with Gasteiger partial charge in [-0.15, -0.1) is 0 Å². The minimum Gasteiger partial charge on any atom is -0.423 e. The van der Waals surface area contributed by atoms with Gasteiger partial charge in [0.05, 0.1) is 17.2 Å². The van der Waals surface area contributed by atoms with E-state index in [0.717, 1.165) is 11.1 Å². The Morgan fingerprint density at radius 2 is 2.02 bits per heavy atom. The van der Waals surface area contributed by atoms with Gasteiger partial charge in [0.15, 0.2) is 5.58 Å². The molecule has 1 aliphatic rings. The first kappa shape index (κ1) is 26.6. The molecule has 5 rings (SSSR count). The fourth-order valence-electron chi connectivity index (χ4n) is 4.93. The number of aromatic nitrogens is 2. The largest absolute Gasteiger partial charge is 0.423 e. The highest BCUT2D eigenvalue weighted by Gasteiger charge is 2.31. The number of hydrogen-bond donors (Lipinski definition) is 3. The maximum atomic E-state index is 13.5. The Bertz CT molecular complexity index is 1630. The van der Waals surface area contributed by atoms with Crippen LogP contribution in [0.15, 0.2) is 82.9 Å². The predicted octanol–water partition coefficient (Wildman–Crippen LogP) is 4.49. The van der Waals surface area contributed by atoms with Crippen molar-refractivity contribution >= 4 is 46.7 Å². The molecule has 1 aliphatic heterocycles. The molecule has 0 saturated carbocycles. The van der Waals surface area contributed by atoms with Crippen molar-refractivity contribution in [3.8, 4) is 11.1 Å². The molecule has 0 radical (unpaired) electrons. The Labute approximate surface area is 231 Å². The minimum atomic E-state index is -0.459. The highest BCUT2D eigenvalue weighted by atomic mass is 16.4. The van der Waals surface area contributed by atoms with Gasteiger partial charge in [0, 0.05) is 43.8 Å². The molecule has 40 heavy (non-hydrogen) atoms. The lowest BCUT2D eigenvalue weighted by Gasteiger charge is -2.17. The Morgan fingerprint density at radius 3 is 2.75 bits per heavy atom. The molecule has 2 aromatic heterocycles. The number of anilines is 1. The maximum absolute atomic E-state index is 13.5. The molecule has 204 valence electrons. The van der Waals surface area contributed by atoms with Crippen LogP contribution in [0, 0.1) is 0 Å². The molecule has 1 atom stereocenters. The molecule has 4 aromatic rings. The standard InChI is InChI=1S/C30H31N7O3/c1-3-33-28-27(19(2)32)23(18-37(28)22-13-15-36(17-22)26(38)10-7-14-31)29(39)35-30-34-24-16-21(11-12-25(24)40-30)20-8-5-4-6-9-20/h3-12,16,18,22H,2,13-15,17,31-32H2,1H3,(H,34,35,39)/b10-7+,33-3?/t22-/m1/s1. The van der Waals surface area contributed by atoms with Crippen molar-refractivity contribution in [3.63, 3.8) is 0 Å². The number of benzene rings is 2. The lowest BCUT2D eigenvalue weighted by molar-refractivity contribution is -0.125. The van der Waals surface area contributed by atoms with E-state index in [1.165, 1.54) is 6.08 Å². The van der Waals surface area contributed by atoms with Gasteiger partial charge in [0.1, 0.15) is 11.3 Å². The number of nitrogens with one attached hydrogen (secondary N) is 1. The molecule has 0 spiro atoms. The second-order valence-electron chi connectivity index (χ2n) is 9.45. The van der Waals surface area contributed by atoms with Crippen LogP contribution in [0.3, 0.4) is 0 Å². The number of carbonyl (C=O) groups excluding carboxylic acids is 2. The molecule has 0 unspecified atom stereocenters. The first-order chi connectivity index (χ1) is 19.4. The van der Waals surface area contributed by atoms with Crippen LogP contribution in [0.1, 0.15) is 35.3 Å². The van der Waals surface area contributed by atoms with E-state index < -0.39 is 5.91 Å². The highest BCUT2D eigenvalue weighted by molar-refractivity contribution is 6.08. The zero-order valence-electron chi connectivity index (χ0n) is 22.2. The van der Waals surface area contributed by atoms with Crippen LogP contribution in [0.5, 0.6) is 0 Å². The molecule has 2 aromatic carbocycles. The Kier molecular flexibility index (Phi) is 7.61. The van der Waals surface area contributed by atoms with Gasteiger partial charge in [-0.1, -0.05) is 49.1 Å². The molecule has 10 nitrogen and oxygen atoms in total. The summed E-state index contributed by atoms with van der Waals surface area (Å²) in [5.41, 5.74) is 15.8. The highest BCUT2D eigenvalue weighted by Crippen LogP contribution is 2.36. The molecule has 5 N–H and O–H groups in total. The third-order valence-corrected chi connectivity index (χ3v) is 6.80. The molecule has 10 heteroatoms. The van der Waals surface area contributed by atoms with Crippen molar-refractivity contribution in [1.82, 2.24) is 14.5 Å². The van der Waals surface area contributed by atoms with Crippen LogP contribution in [-0.4, -0.2) is 52.1 Å². The summed E-state index contributed by atoms with van der Waals surface area (Å²) < 4.78 is 7.71. The maximum Gasteiger partial charge on any atom is 0.302 e. The molecule has 2 amide bonds. The number of amides is 2. The van der Waals surface area contributed by atoms with Crippen molar-refractivity contribution < 1.29 is 14.0 Å². The first-order valence-corrected chi connectivity index (χ1v) is 13.0. The van der Waals surface area contributed by atoms with E-state index in [2.05, 4.69) is 21.9 Å². The second kappa shape index (κ2) is 11.4. The number of aliphatic imine (C=N–C) groups is 1. The number of nitrogens with zero attached hydrogens (tertiary/aromatic N) is 4. The molecule has 1 fully saturated rings. The number of carbonyl (C=O) groups is 2. The van der Waals surface area contributed by atoms with Gasteiger partial charge in [-0.3, -0.25) is 14.9 Å². The van der Waals surface area contributed by atoms with Crippen LogP contribution in [0.2, 0.25) is 0 Å². The van der Waals surface area contributed by atoms with E-state index in [0.29, 0.717) is 48.5 Å². The van der Waals surface area contributed by atoms with Crippen molar-refractivity contribution in [3.05, 3.63) is 84.6 Å².